The molecule has 0 spiro atoms. The molecule has 0 aromatic heterocycles. The number of quaternary nitrogens is 1. The van der Waals surface area contributed by atoms with Gasteiger partial charge in [-0.2, -0.15) is 0 Å². The Balaban J connectivity index is 1.61. The first-order chi connectivity index (χ1) is 13.1. The van der Waals surface area contributed by atoms with Crippen LogP contribution in [0.1, 0.15) is 5.56 Å². The maximum atomic E-state index is 12.4. The zero-order valence-electron chi connectivity index (χ0n) is 15.9. The van der Waals surface area contributed by atoms with E-state index < -0.39 is 0 Å². The molecule has 1 amide bonds. The van der Waals surface area contributed by atoms with Crippen LogP contribution in [-0.2, 0) is 11.3 Å². The van der Waals surface area contributed by atoms with E-state index >= 15 is 0 Å². The normalized spacial score (nSPS) is 11.8. The van der Waals surface area contributed by atoms with E-state index in [1.165, 1.54) is 0 Å². The van der Waals surface area contributed by atoms with Gasteiger partial charge in [0.05, 0.1) is 21.3 Å². The lowest BCUT2D eigenvalue weighted by Gasteiger charge is -2.16. The standard InChI is InChI=1S/C22H24N2O3/c1-24(14-18-9-11-20(26-2)13-21(18)27-3)15-22(25)23-19-10-8-16-6-4-5-7-17(16)12-19/h4-13H,14-15H2,1-3H3,(H,23,25)/p+1. The Bertz CT molecular complexity index is 940. The molecule has 0 heterocycles. The van der Waals surface area contributed by atoms with Crippen LogP contribution >= 0.6 is 0 Å². The van der Waals surface area contributed by atoms with Crippen molar-refractivity contribution >= 4 is 22.4 Å². The molecule has 0 aliphatic carbocycles. The van der Waals surface area contributed by atoms with E-state index in [2.05, 4.69) is 11.4 Å². The molecule has 27 heavy (non-hydrogen) atoms. The highest BCUT2D eigenvalue weighted by atomic mass is 16.5. The van der Waals surface area contributed by atoms with Crippen molar-refractivity contribution in [3.8, 4) is 11.5 Å². The van der Waals surface area contributed by atoms with Gasteiger partial charge < -0.3 is 19.7 Å². The minimum Gasteiger partial charge on any atom is -0.497 e. The first kappa shape index (κ1) is 18.7. The summed E-state index contributed by atoms with van der Waals surface area (Å²) in [4.78, 5) is 13.5. The van der Waals surface area contributed by atoms with Crippen molar-refractivity contribution in [1.29, 1.82) is 0 Å². The molecule has 0 saturated heterocycles. The predicted molar refractivity (Wildman–Crippen MR) is 108 cm³/mol. The summed E-state index contributed by atoms with van der Waals surface area (Å²) in [7, 11) is 5.26. The van der Waals surface area contributed by atoms with E-state index in [9.17, 15) is 4.79 Å². The van der Waals surface area contributed by atoms with Gasteiger partial charge in [0.1, 0.15) is 18.0 Å². The van der Waals surface area contributed by atoms with Gasteiger partial charge in [-0.25, -0.2) is 0 Å². The fourth-order valence-electron chi connectivity index (χ4n) is 3.13. The topological polar surface area (TPSA) is 52.0 Å². The number of hydrogen-bond acceptors (Lipinski definition) is 3. The van der Waals surface area contributed by atoms with Crippen molar-refractivity contribution in [1.82, 2.24) is 0 Å². The Kier molecular flexibility index (Phi) is 5.94. The molecular weight excluding hydrogens is 340 g/mol. The van der Waals surface area contributed by atoms with Crippen LogP contribution in [0.3, 0.4) is 0 Å². The van der Waals surface area contributed by atoms with E-state index in [0.717, 1.165) is 38.4 Å². The summed E-state index contributed by atoms with van der Waals surface area (Å²) in [6.07, 6.45) is 0. The van der Waals surface area contributed by atoms with E-state index in [-0.39, 0.29) is 5.91 Å². The van der Waals surface area contributed by atoms with Crippen LogP contribution in [0.5, 0.6) is 11.5 Å². The lowest BCUT2D eigenvalue weighted by Crippen LogP contribution is -3.08. The molecule has 5 nitrogen and oxygen atoms in total. The molecule has 0 bridgehead atoms. The highest BCUT2D eigenvalue weighted by Crippen LogP contribution is 2.23. The zero-order valence-corrected chi connectivity index (χ0v) is 15.9. The summed E-state index contributed by atoms with van der Waals surface area (Å²) >= 11 is 0. The first-order valence-electron chi connectivity index (χ1n) is 8.90. The molecule has 1 atom stereocenters. The monoisotopic (exact) mass is 365 g/mol. The fraction of sp³-hybridized carbons (Fsp3) is 0.227. The van der Waals surface area contributed by atoms with Crippen molar-refractivity contribution in [2.45, 2.75) is 6.54 Å². The number of hydrogen-bond donors (Lipinski definition) is 2. The number of carbonyl (C=O) groups is 1. The summed E-state index contributed by atoms with van der Waals surface area (Å²) < 4.78 is 10.7. The number of likely N-dealkylation sites (N-methyl/N-ethyl adjacent to an activating group) is 1. The van der Waals surface area contributed by atoms with Gasteiger partial charge in [-0.1, -0.05) is 30.3 Å². The smallest absolute Gasteiger partial charge is 0.279 e. The number of carbonyl (C=O) groups excluding carboxylic acids is 1. The molecule has 0 aliphatic heterocycles. The summed E-state index contributed by atoms with van der Waals surface area (Å²) in [5.41, 5.74) is 1.85. The number of methoxy groups -OCH3 is 2. The van der Waals surface area contributed by atoms with Crippen molar-refractivity contribution in [2.24, 2.45) is 0 Å². The Morgan fingerprint density at radius 1 is 0.963 bits per heavy atom. The summed E-state index contributed by atoms with van der Waals surface area (Å²) in [6, 6.07) is 19.8. The van der Waals surface area contributed by atoms with Gasteiger partial charge >= 0.3 is 0 Å². The number of rotatable bonds is 7. The lowest BCUT2D eigenvalue weighted by atomic mass is 10.1. The third kappa shape index (κ3) is 4.77. The Morgan fingerprint density at radius 3 is 2.48 bits per heavy atom. The van der Waals surface area contributed by atoms with E-state index in [1.54, 1.807) is 14.2 Å². The number of benzene rings is 3. The second kappa shape index (κ2) is 8.56. The lowest BCUT2D eigenvalue weighted by molar-refractivity contribution is -0.885. The second-order valence-electron chi connectivity index (χ2n) is 6.60. The molecule has 0 fully saturated rings. The predicted octanol–water partition coefficient (Wildman–Crippen LogP) is 2.51. The van der Waals surface area contributed by atoms with Crippen LogP contribution in [0, 0.1) is 0 Å². The number of amides is 1. The molecule has 3 rings (SSSR count). The van der Waals surface area contributed by atoms with Crippen LogP contribution in [0.4, 0.5) is 5.69 Å². The number of nitrogens with one attached hydrogen (secondary N) is 2. The van der Waals surface area contributed by atoms with Crippen molar-refractivity contribution < 1.29 is 19.2 Å². The van der Waals surface area contributed by atoms with Gasteiger partial charge in [-0.15, -0.1) is 0 Å². The molecule has 3 aromatic rings. The van der Waals surface area contributed by atoms with Crippen molar-refractivity contribution in [3.63, 3.8) is 0 Å². The van der Waals surface area contributed by atoms with Crippen LogP contribution in [0.15, 0.2) is 60.7 Å². The molecule has 5 heteroatoms. The number of fused-ring (bicyclic) bond motifs is 1. The minimum absolute atomic E-state index is 0.0183. The maximum Gasteiger partial charge on any atom is 0.279 e. The summed E-state index contributed by atoms with van der Waals surface area (Å²) in [5.74, 6) is 1.50. The van der Waals surface area contributed by atoms with E-state index in [1.807, 2.05) is 61.6 Å². The van der Waals surface area contributed by atoms with Crippen LogP contribution in [0.25, 0.3) is 10.8 Å². The van der Waals surface area contributed by atoms with E-state index in [4.69, 9.17) is 9.47 Å². The second-order valence-corrected chi connectivity index (χ2v) is 6.60. The van der Waals surface area contributed by atoms with Gasteiger partial charge in [0.25, 0.3) is 5.91 Å². The Morgan fingerprint density at radius 2 is 1.74 bits per heavy atom. The molecule has 0 saturated carbocycles. The molecular formula is C22H25N2O3+. The Labute approximate surface area is 159 Å². The highest BCUT2D eigenvalue weighted by molar-refractivity contribution is 5.94. The minimum atomic E-state index is -0.0183. The van der Waals surface area contributed by atoms with E-state index in [0.29, 0.717) is 13.1 Å². The van der Waals surface area contributed by atoms with Gasteiger partial charge in [0.15, 0.2) is 6.54 Å². The number of anilines is 1. The van der Waals surface area contributed by atoms with Gasteiger partial charge in [0.2, 0.25) is 0 Å². The average Bonchev–Trinajstić information content (AvgIpc) is 2.68. The summed E-state index contributed by atoms with van der Waals surface area (Å²) in [5, 5.41) is 5.25. The quantitative estimate of drug-likeness (QED) is 0.676. The van der Waals surface area contributed by atoms with Gasteiger partial charge in [-0.05, 0) is 35.0 Å². The van der Waals surface area contributed by atoms with Gasteiger partial charge in [-0.3, -0.25) is 4.79 Å². The number of ether oxygens (including phenoxy) is 2. The molecule has 0 aliphatic rings. The Hall–Kier alpha value is -3.05. The first-order valence-corrected chi connectivity index (χ1v) is 8.90. The van der Waals surface area contributed by atoms with Crippen molar-refractivity contribution in [3.05, 3.63) is 66.2 Å². The molecule has 2 N–H and O–H groups in total. The molecule has 3 aromatic carbocycles. The zero-order chi connectivity index (χ0) is 19.2. The maximum absolute atomic E-state index is 12.4. The van der Waals surface area contributed by atoms with Crippen LogP contribution in [-0.4, -0.2) is 33.7 Å². The SMILES string of the molecule is COc1ccc(C[NH+](C)CC(=O)Nc2ccc3ccccc3c2)c(OC)c1. The molecule has 0 radical (unpaired) electrons. The van der Waals surface area contributed by atoms with Crippen LogP contribution in [0.2, 0.25) is 0 Å². The fourth-order valence-corrected chi connectivity index (χ4v) is 3.13. The third-order valence-electron chi connectivity index (χ3n) is 4.48. The third-order valence-corrected chi connectivity index (χ3v) is 4.48. The molecule has 140 valence electrons. The summed E-state index contributed by atoms with van der Waals surface area (Å²) in [6.45, 7) is 1.04. The van der Waals surface area contributed by atoms with Gasteiger partial charge in [0, 0.05) is 17.3 Å². The highest BCUT2D eigenvalue weighted by Gasteiger charge is 2.14. The largest absolute Gasteiger partial charge is 0.497 e. The molecule has 1 unspecified atom stereocenters. The van der Waals surface area contributed by atoms with Crippen LogP contribution < -0.4 is 19.7 Å². The van der Waals surface area contributed by atoms with Crippen molar-refractivity contribution in [2.75, 3.05) is 33.1 Å². The average molecular weight is 365 g/mol.